The van der Waals surface area contributed by atoms with E-state index in [-0.39, 0.29) is 5.91 Å². The molecule has 0 radical (unpaired) electrons. The van der Waals surface area contributed by atoms with E-state index in [1.165, 1.54) is 0 Å². The van der Waals surface area contributed by atoms with E-state index in [1.54, 1.807) is 24.4 Å². The molecule has 0 unspecified atom stereocenters. The van der Waals surface area contributed by atoms with E-state index in [0.717, 1.165) is 21.4 Å². The van der Waals surface area contributed by atoms with Gasteiger partial charge in [-0.15, -0.1) is 0 Å². The number of amides is 1. The molecule has 0 aliphatic carbocycles. The van der Waals surface area contributed by atoms with E-state index in [2.05, 4.69) is 36.7 Å². The van der Waals surface area contributed by atoms with E-state index in [4.69, 9.17) is 4.52 Å². The lowest BCUT2D eigenvalue weighted by Crippen LogP contribution is -2.13. The van der Waals surface area contributed by atoms with Crippen molar-refractivity contribution in [3.05, 3.63) is 64.1 Å². The van der Waals surface area contributed by atoms with Crippen molar-refractivity contribution in [3.8, 4) is 0 Å². The highest BCUT2D eigenvalue weighted by molar-refractivity contribution is 9.10. The summed E-state index contributed by atoms with van der Waals surface area (Å²) in [6.45, 7) is 3.78. The average molecular weight is 387 g/mol. The molecule has 1 aromatic carbocycles. The van der Waals surface area contributed by atoms with Crippen molar-refractivity contribution in [3.63, 3.8) is 0 Å². The highest BCUT2D eigenvalue weighted by Crippen LogP contribution is 2.21. The van der Waals surface area contributed by atoms with Gasteiger partial charge in [0.15, 0.2) is 5.82 Å². The number of pyridine rings is 1. The summed E-state index contributed by atoms with van der Waals surface area (Å²) in [4.78, 5) is 16.4. The van der Waals surface area contributed by atoms with Crippen LogP contribution in [0.5, 0.6) is 0 Å². The van der Waals surface area contributed by atoms with Crippen LogP contribution < -0.4 is 10.6 Å². The number of hydrogen-bond donors (Lipinski definition) is 2. The Hall–Kier alpha value is -2.67. The van der Waals surface area contributed by atoms with Crippen molar-refractivity contribution in [2.24, 2.45) is 0 Å². The third kappa shape index (κ3) is 3.80. The van der Waals surface area contributed by atoms with Crippen LogP contribution in [0.15, 0.2) is 51.6 Å². The fraction of sp³-hybridized carbons (Fsp3) is 0.118. The fourth-order valence-corrected chi connectivity index (χ4v) is 2.34. The summed E-state index contributed by atoms with van der Waals surface area (Å²) in [6, 6.07) is 10.8. The van der Waals surface area contributed by atoms with E-state index < -0.39 is 0 Å². The highest BCUT2D eigenvalue weighted by atomic mass is 79.9. The number of carbonyl (C=O) groups is 1. The van der Waals surface area contributed by atoms with Gasteiger partial charge in [-0.1, -0.05) is 21.1 Å². The number of aryl methyl sites for hydroxylation is 2. The lowest BCUT2D eigenvalue weighted by Gasteiger charge is -2.07. The van der Waals surface area contributed by atoms with E-state index in [1.807, 2.05) is 32.0 Å². The number of nitrogens with zero attached hydrogens (tertiary/aromatic N) is 2. The summed E-state index contributed by atoms with van der Waals surface area (Å²) in [6.07, 6.45) is 1.58. The molecule has 1 amide bonds. The minimum absolute atomic E-state index is 0.263. The standard InChI is InChI=1S/C17H15BrN4O2/c1-10-7-12(3-5-14(10)18)21-17(23)15-6-4-13(9-19-15)20-16-8-11(2)24-22-16/h3-9H,1-2H3,(H,20,22)(H,21,23). The number of benzene rings is 1. The number of nitrogens with one attached hydrogen (secondary N) is 2. The molecule has 0 saturated carbocycles. The molecule has 0 fully saturated rings. The minimum atomic E-state index is -0.263. The maximum atomic E-state index is 12.3. The van der Waals surface area contributed by atoms with Gasteiger partial charge >= 0.3 is 0 Å². The average Bonchev–Trinajstić information content (AvgIpc) is 2.96. The lowest BCUT2D eigenvalue weighted by atomic mass is 10.2. The first-order valence-electron chi connectivity index (χ1n) is 7.25. The van der Waals surface area contributed by atoms with Gasteiger partial charge in [0.25, 0.3) is 5.91 Å². The molecule has 0 saturated heterocycles. The molecule has 0 aliphatic heterocycles. The van der Waals surface area contributed by atoms with E-state index in [9.17, 15) is 4.79 Å². The normalized spacial score (nSPS) is 10.5. The number of hydrogen-bond acceptors (Lipinski definition) is 5. The summed E-state index contributed by atoms with van der Waals surface area (Å²) in [5, 5.41) is 9.72. The zero-order chi connectivity index (χ0) is 17.1. The fourth-order valence-electron chi connectivity index (χ4n) is 2.09. The molecule has 24 heavy (non-hydrogen) atoms. The first kappa shape index (κ1) is 16.2. The summed E-state index contributed by atoms with van der Waals surface area (Å²) in [7, 11) is 0. The van der Waals surface area contributed by atoms with Crippen molar-refractivity contribution in [1.29, 1.82) is 0 Å². The number of aromatic nitrogens is 2. The molecule has 2 N–H and O–H groups in total. The quantitative estimate of drug-likeness (QED) is 0.692. The Bertz CT molecular complexity index is 875. The molecule has 3 aromatic rings. The van der Waals surface area contributed by atoms with Gasteiger partial charge in [-0.25, -0.2) is 4.98 Å². The molecule has 2 heterocycles. The van der Waals surface area contributed by atoms with Crippen molar-refractivity contribution in [2.45, 2.75) is 13.8 Å². The van der Waals surface area contributed by atoms with E-state index in [0.29, 0.717) is 17.3 Å². The van der Waals surface area contributed by atoms with Crippen molar-refractivity contribution in [2.75, 3.05) is 10.6 Å². The molecule has 7 heteroatoms. The zero-order valence-electron chi connectivity index (χ0n) is 13.1. The molecule has 0 spiro atoms. The second-order valence-corrected chi connectivity index (χ2v) is 6.15. The van der Waals surface area contributed by atoms with Crippen LogP contribution in [0.1, 0.15) is 21.8 Å². The van der Waals surface area contributed by atoms with Gasteiger partial charge < -0.3 is 15.2 Å². The van der Waals surface area contributed by atoms with Crippen molar-refractivity contribution >= 4 is 39.0 Å². The largest absolute Gasteiger partial charge is 0.360 e. The summed E-state index contributed by atoms with van der Waals surface area (Å²) >= 11 is 3.43. The number of anilines is 3. The Labute approximate surface area is 147 Å². The Morgan fingerprint density at radius 2 is 1.92 bits per heavy atom. The summed E-state index contributed by atoms with van der Waals surface area (Å²) in [5.41, 5.74) is 2.82. The molecule has 0 atom stereocenters. The van der Waals surface area contributed by atoms with Gasteiger partial charge in [0.05, 0.1) is 11.9 Å². The molecule has 2 aromatic heterocycles. The van der Waals surface area contributed by atoms with Crippen LogP contribution in [-0.2, 0) is 0 Å². The molecule has 6 nitrogen and oxygen atoms in total. The minimum Gasteiger partial charge on any atom is -0.360 e. The van der Waals surface area contributed by atoms with Gasteiger partial charge in [0, 0.05) is 16.2 Å². The van der Waals surface area contributed by atoms with Gasteiger partial charge in [-0.3, -0.25) is 4.79 Å². The third-order valence-corrected chi connectivity index (χ3v) is 4.20. The number of rotatable bonds is 4. The van der Waals surface area contributed by atoms with Crippen LogP contribution in [-0.4, -0.2) is 16.0 Å². The molecule has 3 rings (SSSR count). The maximum Gasteiger partial charge on any atom is 0.274 e. The smallest absolute Gasteiger partial charge is 0.274 e. The maximum absolute atomic E-state index is 12.3. The van der Waals surface area contributed by atoms with Crippen LogP contribution in [0.4, 0.5) is 17.2 Å². The van der Waals surface area contributed by atoms with Gasteiger partial charge in [0.1, 0.15) is 11.5 Å². The van der Waals surface area contributed by atoms with Crippen molar-refractivity contribution < 1.29 is 9.32 Å². The zero-order valence-corrected chi connectivity index (χ0v) is 14.7. The second kappa shape index (κ2) is 6.84. The Morgan fingerprint density at radius 1 is 1.12 bits per heavy atom. The summed E-state index contributed by atoms with van der Waals surface area (Å²) < 4.78 is 5.98. The Balaban J connectivity index is 1.68. The lowest BCUT2D eigenvalue weighted by molar-refractivity contribution is 0.102. The molecular formula is C17H15BrN4O2. The SMILES string of the molecule is Cc1cc(Nc2ccc(C(=O)Nc3ccc(Br)c(C)c3)nc2)no1. The first-order valence-corrected chi connectivity index (χ1v) is 8.04. The molecule has 122 valence electrons. The summed E-state index contributed by atoms with van der Waals surface area (Å²) in [5.74, 6) is 1.05. The topological polar surface area (TPSA) is 80.0 Å². The number of halogens is 1. The van der Waals surface area contributed by atoms with E-state index >= 15 is 0 Å². The number of carbonyl (C=O) groups excluding carboxylic acids is 1. The Morgan fingerprint density at radius 3 is 2.54 bits per heavy atom. The molecular weight excluding hydrogens is 372 g/mol. The van der Waals surface area contributed by atoms with Crippen molar-refractivity contribution in [1.82, 2.24) is 10.1 Å². The van der Waals surface area contributed by atoms with Crippen LogP contribution in [0.25, 0.3) is 0 Å². The third-order valence-electron chi connectivity index (χ3n) is 3.31. The van der Waals surface area contributed by atoms with Crippen LogP contribution in [0, 0.1) is 13.8 Å². The van der Waals surface area contributed by atoms with Crippen LogP contribution >= 0.6 is 15.9 Å². The highest BCUT2D eigenvalue weighted by Gasteiger charge is 2.09. The van der Waals surface area contributed by atoms with Crippen LogP contribution in [0.2, 0.25) is 0 Å². The molecule has 0 aliphatic rings. The second-order valence-electron chi connectivity index (χ2n) is 5.30. The predicted molar refractivity (Wildman–Crippen MR) is 95.6 cm³/mol. The first-order chi connectivity index (χ1) is 11.5. The predicted octanol–water partition coefficient (Wildman–Crippen LogP) is 4.44. The van der Waals surface area contributed by atoms with Gasteiger partial charge in [-0.05, 0) is 49.7 Å². The van der Waals surface area contributed by atoms with Gasteiger partial charge in [-0.2, -0.15) is 0 Å². The van der Waals surface area contributed by atoms with Crippen LogP contribution in [0.3, 0.4) is 0 Å². The van der Waals surface area contributed by atoms with Gasteiger partial charge in [0.2, 0.25) is 0 Å². The monoisotopic (exact) mass is 386 g/mol. The Kier molecular flexibility index (Phi) is 4.61. The molecule has 0 bridgehead atoms.